The van der Waals surface area contributed by atoms with Crippen molar-refractivity contribution in [3.05, 3.63) is 0 Å². The zero-order valence-corrected chi connectivity index (χ0v) is 6.05. The monoisotopic (exact) mass is 214 g/mol. The summed E-state index contributed by atoms with van der Waals surface area (Å²) >= 11 is 1.86. The highest BCUT2D eigenvalue weighted by atomic mass is 127. The van der Waals surface area contributed by atoms with E-state index in [0.717, 1.165) is 19.4 Å². The first-order valence-electron chi connectivity index (χ1n) is 2.32. The molecule has 0 amide bonds. The molecule has 0 aromatic carbocycles. The molecule has 0 bridgehead atoms. The van der Waals surface area contributed by atoms with Gasteiger partial charge in [-0.25, -0.2) is 0 Å². The van der Waals surface area contributed by atoms with Gasteiger partial charge in [0.1, 0.15) is 23.0 Å². The first-order valence-corrected chi connectivity index (χ1v) is 3.20. The fraction of sp³-hybridized carbons (Fsp3) is 1.00. The van der Waals surface area contributed by atoms with Gasteiger partial charge in [-0.1, -0.05) is 0 Å². The molecule has 0 N–H and O–H groups in total. The Morgan fingerprint density at radius 3 is 2.86 bits per heavy atom. The Labute approximate surface area is 56.9 Å². The second-order valence-electron chi connectivity index (χ2n) is 1.53. The van der Waals surface area contributed by atoms with Crippen molar-refractivity contribution in [1.29, 1.82) is 0 Å². The summed E-state index contributed by atoms with van der Waals surface area (Å²) in [6.45, 7) is 0.869. The van der Waals surface area contributed by atoms with Crippen LogP contribution in [0.5, 0.6) is 0 Å². The van der Waals surface area contributed by atoms with Crippen LogP contribution in [0, 0.1) is 0 Å². The molecule has 1 saturated heterocycles. The fourth-order valence-electron chi connectivity index (χ4n) is 0.618. The van der Waals surface area contributed by atoms with Crippen LogP contribution in [-0.2, 0) is 7.80 Å². The Morgan fingerprint density at radius 2 is 2.57 bits per heavy atom. The van der Waals surface area contributed by atoms with Gasteiger partial charge in [0, 0.05) is 13.0 Å². The summed E-state index contributed by atoms with van der Waals surface area (Å²) in [6, 6.07) is 0. The van der Waals surface area contributed by atoms with E-state index in [9.17, 15) is 0 Å². The predicted octanol–water partition coefficient (Wildman–Crippen LogP) is 1.49. The first kappa shape index (κ1) is 5.78. The summed E-state index contributed by atoms with van der Waals surface area (Å²) < 4.78 is 9.93. The van der Waals surface area contributed by atoms with Crippen LogP contribution in [0.3, 0.4) is 0 Å². The van der Waals surface area contributed by atoms with Crippen LogP contribution in [0.4, 0.5) is 0 Å². The fourth-order valence-corrected chi connectivity index (χ4v) is 1.02. The molecular weight excluding hydrogens is 207 g/mol. The Morgan fingerprint density at radius 1 is 1.71 bits per heavy atom. The SMILES string of the molecule is IOC1CCCO1. The van der Waals surface area contributed by atoms with Gasteiger partial charge < -0.3 is 4.74 Å². The van der Waals surface area contributed by atoms with Crippen LogP contribution in [-0.4, -0.2) is 12.9 Å². The van der Waals surface area contributed by atoms with Gasteiger partial charge in [-0.3, -0.25) is 3.07 Å². The molecule has 0 saturated carbocycles. The Hall–Kier alpha value is 0.650. The van der Waals surface area contributed by atoms with Gasteiger partial charge in [0.15, 0.2) is 6.29 Å². The zero-order valence-electron chi connectivity index (χ0n) is 3.89. The van der Waals surface area contributed by atoms with E-state index in [1.54, 1.807) is 0 Å². The second kappa shape index (κ2) is 2.84. The molecule has 1 heterocycles. The number of hydrogen-bond donors (Lipinski definition) is 0. The smallest absolute Gasteiger partial charge is 0.168 e. The van der Waals surface area contributed by atoms with E-state index < -0.39 is 0 Å². The third-order valence-electron chi connectivity index (χ3n) is 0.987. The standard InChI is InChI=1S/C4H7IO2/c5-7-4-2-1-3-6-4/h4H,1-3H2. The van der Waals surface area contributed by atoms with Crippen LogP contribution in [0.2, 0.25) is 0 Å². The van der Waals surface area contributed by atoms with E-state index in [1.165, 1.54) is 0 Å². The molecule has 7 heavy (non-hydrogen) atoms. The molecule has 2 nitrogen and oxygen atoms in total. The zero-order chi connectivity index (χ0) is 5.11. The van der Waals surface area contributed by atoms with Crippen molar-refractivity contribution in [1.82, 2.24) is 0 Å². The van der Waals surface area contributed by atoms with Gasteiger partial charge in [0.2, 0.25) is 0 Å². The minimum Gasteiger partial charge on any atom is -0.352 e. The molecule has 1 fully saturated rings. The lowest BCUT2D eigenvalue weighted by molar-refractivity contribution is -0.00987. The summed E-state index contributed by atoms with van der Waals surface area (Å²) in [6.07, 6.45) is 2.29. The molecule has 42 valence electrons. The van der Waals surface area contributed by atoms with E-state index in [1.807, 2.05) is 23.0 Å². The lowest BCUT2D eigenvalue weighted by Gasteiger charge is -2.00. The quantitative estimate of drug-likeness (QED) is 0.615. The van der Waals surface area contributed by atoms with Crippen LogP contribution in [0.25, 0.3) is 0 Å². The van der Waals surface area contributed by atoms with Crippen molar-refractivity contribution < 1.29 is 7.80 Å². The third-order valence-corrected chi connectivity index (χ3v) is 1.55. The molecule has 1 aliphatic heterocycles. The van der Waals surface area contributed by atoms with Crippen molar-refractivity contribution in [2.45, 2.75) is 19.1 Å². The molecule has 1 atom stereocenters. The van der Waals surface area contributed by atoms with Crippen molar-refractivity contribution in [3.8, 4) is 0 Å². The topological polar surface area (TPSA) is 18.5 Å². The number of hydrogen-bond acceptors (Lipinski definition) is 2. The van der Waals surface area contributed by atoms with E-state index in [-0.39, 0.29) is 6.29 Å². The van der Waals surface area contributed by atoms with Crippen molar-refractivity contribution in [2.75, 3.05) is 6.61 Å². The van der Waals surface area contributed by atoms with Gasteiger partial charge >= 0.3 is 0 Å². The predicted molar refractivity (Wildman–Crippen MR) is 34.1 cm³/mol. The summed E-state index contributed by atoms with van der Waals surface area (Å²) in [5.74, 6) is 0. The molecule has 0 aromatic rings. The lowest BCUT2D eigenvalue weighted by atomic mass is 10.4. The van der Waals surface area contributed by atoms with Gasteiger partial charge in [-0.05, 0) is 6.42 Å². The minimum atomic E-state index is 0.0839. The molecular formula is C4H7IO2. The van der Waals surface area contributed by atoms with Crippen molar-refractivity contribution >= 4 is 23.0 Å². The van der Waals surface area contributed by atoms with Crippen molar-refractivity contribution in [3.63, 3.8) is 0 Å². The number of rotatable bonds is 1. The van der Waals surface area contributed by atoms with Crippen molar-refractivity contribution in [2.24, 2.45) is 0 Å². The molecule has 0 radical (unpaired) electrons. The maximum absolute atomic E-state index is 5.07. The average Bonchev–Trinajstić information content (AvgIpc) is 2.14. The highest BCUT2D eigenvalue weighted by Gasteiger charge is 2.13. The van der Waals surface area contributed by atoms with Crippen LogP contribution in [0.1, 0.15) is 12.8 Å². The summed E-state index contributed by atoms with van der Waals surface area (Å²) in [7, 11) is 0. The Kier molecular flexibility index (Phi) is 2.34. The van der Waals surface area contributed by atoms with Gasteiger partial charge in [0.05, 0.1) is 0 Å². The van der Waals surface area contributed by atoms with E-state index >= 15 is 0 Å². The van der Waals surface area contributed by atoms with E-state index in [0.29, 0.717) is 0 Å². The molecule has 3 heteroatoms. The maximum atomic E-state index is 5.07. The average molecular weight is 214 g/mol. The highest BCUT2D eigenvalue weighted by molar-refractivity contribution is 14.1. The van der Waals surface area contributed by atoms with Crippen LogP contribution < -0.4 is 0 Å². The largest absolute Gasteiger partial charge is 0.352 e. The second-order valence-corrected chi connectivity index (χ2v) is 2.04. The number of ether oxygens (including phenoxy) is 1. The van der Waals surface area contributed by atoms with E-state index in [2.05, 4.69) is 0 Å². The molecule has 1 rings (SSSR count). The maximum Gasteiger partial charge on any atom is 0.168 e. The van der Waals surface area contributed by atoms with E-state index in [4.69, 9.17) is 7.80 Å². The Bertz CT molecular complexity index is 51.7. The summed E-state index contributed by atoms with van der Waals surface area (Å²) in [5.41, 5.74) is 0. The van der Waals surface area contributed by atoms with Gasteiger partial charge in [-0.2, -0.15) is 0 Å². The number of halogens is 1. The minimum absolute atomic E-state index is 0.0839. The Balaban J connectivity index is 2.14. The molecule has 1 unspecified atom stereocenters. The normalized spacial score (nSPS) is 31.3. The molecule has 0 aromatic heterocycles. The summed E-state index contributed by atoms with van der Waals surface area (Å²) in [5, 5.41) is 0. The van der Waals surface area contributed by atoms with Crippen LogP contribution in [0.15, 0.2) is 0 Å². The van der Waals surface area contributed by atoms with Gasteiger partial charge in [-0.15, -0.1) is 0 Å². The van der Waals surface area contributed by atoms with Crippen LogP contribution >= 0.6 is 23.0 Å². The first-order chi connectivity index (χ1) is 3.43. The molecule has 0 spiro atoms. The molecule has 0 aliphatic carbocycles. The third kappa shape index (κ3) is 1.54. The molecule has 1 aliphatic rings. The van der Waals surface area contributed by atoms with Gasteiger partial charge in [0.25, 0.3) is 0 Å². The lowest BCUT2D eigenvalue weighted by Crippen LogP contribution is -2.01. The summed E-state index contributed by atoms with van der Waals surface area (Å²) in [4.78, 5) is 0. The highest BCUT2D eigenvalue weighted by Crippen LogP contribution is 2.14.